The van der Waals surface area contributed by atoms with Gasteiger partial charge in [0.1, 0.15) is 0 Å². The summed E-state index contributed by atoms with van der Waals surface area (Å²) in [5.74, 6) is -0.470. The molecular formula is C23H27Cl2N3O3S2. The molecule has 178 valence electrons. The van der Waals surface area contributed by atoms with E-state index in [9.17, 15) is 13.2 Å². The number of nitrogens with zero attached hydrogens (tertiary/aromatic N) is 3. The molecule has 0 saturated heterocycles. The van der Waals surface area contributed by atoms with Crippen molar-refractivity contribution >= 4 is 60.7 Å². The van der Waals surface area contributed by atoms with E-state index in [1.54, 1.807) is 23.7 Å². The molecule has 0 aliphatic heterocycles. The molecular weight excluding hydrogens is 501 g/mol. The van der Waals surface area contributed by atoms with Gasteiger partial charge in [0.25, 0.3) is 5.91 Å². The Hall–Kier alpha value is -1.71. The lowest BCUT2D eigenvalue weighted by Crippen LogP contribution is -2.33. The Labute approximate surface area is 208 Å². The molecule has 0 fully saturated rings. The Morgan fingerprint density at radius 2 is 1.58 bits per heavy atom. The summed E-state index contributed by atoms with van der Waals surface area (Å²) in [4.78, 5) is 17.6. The highest BCUT2D eigenvalue weighted by molar-refractivity contribution is 7.89. The third-order valence-electron chi connectivity index (χ3n) is 5.31. The van der Waals surface area contributed by atoms with E-state index in [-0.39, 0.29) is 4.90 Å². The molecule has 0 spiro atoms. The van der Waals surface area contributed by atoms with Crippen LogP contribution in [0.4, 0.5) is 0 Å². The number of carbonyl (C=O) groups is 1. The van der Waals surface area contributed by atoms with Crippen LogP contribution in [0.1, 0.15) is 49.9 Å². The minimum absolute atomic E-state index is 0.178. The third kappa shape index (κ3) is 5.69. The standard InChI is InChI=1S/C23H27Cl2N3O3S2/c1-4-6-14-28(15-7-5-2)33(30,31)17-10-8-16(9-11-17)22(29)26-23-27(3)20-18(24)12-13-19(25)21(20)32-23/h8-13H,4-7,14-15H2,1-3H3. The van der Waals surface area contributed by atoms with Gasteiger partial charge in [0.15, 0.2) is 4.80 Å². The molecule has 0 aliphatic carbocycles. The largest absolute Gasteiger partial charge is 0.318 e. The maximum atomic E-state index is 13.1. The third-order valence-corrected chi connectivity index (χ3v) is 9.12. The van der Waals surface area contributed by atoms with Crippen LogP contribution < -0.4 is 4.80 Å². The van der Waals surface area contributed by atoms with Crippen LogP contribution in [0.3, 0.4) is 0 Å². The number of amides is 1. The number of fused-ring (bicyclic) bond motifs is 1. The molecule has 3 aromatic rings. The molecule has 10 heteroatoms. The van der Waals surface area contributed by atoms with Crippen LogP contribution in [-0.2, 0) is 17.1 Å². The highest BCUT2D eigenvalue weighted by Crippen LogP contribution is 2.31. The number of rotatable bonds is 9. The normalized spacial score (nSPS) is 12.7. The highest BCUT2D eigenvalue weighted by Gasteiger charge is 2.23. The fraction of sp³-hybridized carbons (Fsp3) is 0.391. The van der Waals surface area contributed by atoms with Crippen molar-refractivity contribution in [2.75, 3.05) is 13.1 Å². The summed E-state index contributed by atoms with van der Waals surface area (Å²) in [5.41, 5.74) is 1.01. The van der Waals surface area contributed by atoms with Gasteiger partial charge in [-0.2, -0.15) is 9.30 Å². The Balaban J connectivity index is 1.90. The van der Waals surface area contributed by atoms with E-state index in [1.807, 2.05) is 13.8 Å². The molecule has 1 heterocycles. The van der Waals surface area contributed by atoms with E-state index in [0.29, 0.717) is 39.0 Å². The number of thiazole rings is 1. The monoisotopic (exact) mass is 527 g/mol. The van der Waals surface area contributed by atoms with Crippen molar-refractivity contribution in [3.63, 3.8) is 0 Å². The number of benzene rings is 2. The number of aromatic nitrogens is 1. The summed E-state index contributed by atoms with van der Waals surface area (Å²) in [5, 5.41) is 1.06. The van der Waals surface area contributed by atoms with Crippen LogP contribution in [0.5, 0.6) is 0 Å². The number of unbranched alkanes of at least 4 members (excludes halogenated alkanes) is 2. The van der Waals surface area contributed by atoms with Gasteiger partial charge in [-0.3, -0.25) is 4.79 Å². The second kappa shape index (κ2) is 11.1. The summed E-state index contributed by atoms with van der Waals surface area (Å²) in [6.45, 7) is 5.05. The number of carbonyl (C=O) groups excluding carboxylic acids is 1. The molecule has 0 unspecified atom stereocenters. The fourth-order valence-electron chi connectivity index (χ4n) is 3.38. The van der Waals surface area contributed by atoms with E-state index in [4.69, 9.17) is 23.2 Å². The minimum Gasteiger partial charge on any atom is -0.318 e. The summed E-state index contributed by atoms with van der Waals surface area (Å²) >= 11 is 13.8. The fourth-order valence-corrected chi connectivity index (χ4v) is 6.55. The zero-order valence-electron chi connectivity index (χ0n) is 18.8. The van der Waals surface area contributed by atoms with Gasteiger partial charge in [-0.15, -0.1) is 0 Å². The maximum absolute atomic E-state index is 13.1. The van der Waals surface area contributed by atoms with Gasteiger partial charge >= 0.3 is 0 Å². The summed E-state index contributed by atoms with van der Waals surface area (Å²) in [6, 6.07) is 9.36. The van der Waals surface area contributed by atoms with Crippen molar-refractivity contribution in [1.82, 2.24) is 8.87 Å². The lowest BCUT2D eigenvalue weighted by atomic mass is 10.2. The topological polar surface area (TPSA) is 71.7 Å². The van der Waals surface area contributed by atoms with Gasteiger partial charge in [-0.25, -0.2) is 8.42 Å². The van der Waals surface area contributed by atoms with E-state index in [0.717, 1.165) is 30.4 Å². The van der Waals surface area contributed by atoms with Crippen LogP contribution in [0.25, 0.3) is 10.2 Å². The van der Waals surface area contributed by atoms with E-state index in [1.165, 1.54) is 39.9 Å². The lowest BCUT2D eigenvalue weighted by Gasteiger charge is -2.22. The number of hydrogen-bond donors (Lipinski definition) is 0. The molecule has 1 aromatic heterocycles. The molecule has 0 saturated carbocycles. The average Bonchev–Trinajstić information content (AvgIpc) is 3.13. The second-order valence-corrected chi connectivity index (χ2v) is 11.4. The molecule has 6 nitrogen and oxygen atoms in total. The number of sulfonamides is 1. The van der Waals surface area contributed by atoms with Crippen LogP contribution in [0.2, 0.25) is 10.0 Å². The van der Waals surface area contributed by atoms with Gasteiger partial charge in [0.2, 0.25) is 10.0 Å². The quantitative estimate of drug-likeness (QED) is 0.348. The van der Waals surface area contributed by atoms with Crippen molar-refractivity contribution in [1.29, 1.82) is 0 Å². The van der Waals surface area contributed by atoms with Crippen molar-refractivity contribution < 1.29 is 13.2 Å². The van der Waals surface area contributed by atoms with Gasteiger partial charge in [-0.05, 0) is 49.2 Å². The molecule has 0 N–H and O–H groups in total. The van der Waals surface area contributed by atoms with Crippen LogP contribution in [0.15, 0.2) is 46.3 Å². The second-order valence-electron chi connectivity index (χ2n) is 7.70. The SMILES string of the molecule is CCCCN(CCCC)S(=O)(=O)c1ccc(C(=O)N=c2sc3c(Cl)ccc(Cl)c3n2C)cc1. The van der Waals surface area contributed by atoms with E-state index < -0.39 is 15.9 Å². The lowest BCUT2D eigenvalue weighted by molar-refractivity contribution is 0.0998. The maximum Gasteiger partial charge on any atom is 0.279 e. The number of hydrogen-bond acceptors (Lipinski definition) is 4. The van der Waals surface area contributed by atoms with E-state index >= 15 is 0 Å². The predicted molar refractivity (Wildman–Crippen MR) is 136 cm³/mol. The van der Waals surface area contributed by atoms with Gasteiger partial charge < -0.3 is 4.57 Å². The molecule has 2 aromatic carbocycles. The summed E-state index contributed by atoms with van der Waals surface area (Å²) in [6.07, 6.45) is 3.44. The zero-order valence-corrected chi connectivity index (χ0v) is 22.0. The van der Waals surface area contributed by atoms with Crippen LogP contribution in [0, 0.1) is 0 Å². The first-order valence-electron chi connectivity index (χ1n) is 10.8. The molecule has 3 rings (SSSR count). The van der Waals surface area contributed by atoms with Crippen molar-refractivity contribution in [3.8, 4) is 0 Å². The Morgan fingerprint density at radius 3 is 2.12 bits per heavy atom. The number of halogens is 2. The Bertz CT molecular complexity index is 1310. The summed E-state index contributed by atoms with van der Waals surface area (Å²) < 4.78 is 30.2. The van der Waals surface area contributed by atoms with E-state index in [2.05, 4.69) is 4.99 Å². The minimum atomic E-state index is -3.62. The Morgan fingerprint density at radius 1 is 1.00 bits per heavy atom. The van der Waals surface area contributed by atoms with Crippen molar-refractivity contribution in [2.24, 2.45) is 12.0 Å². The van der Waals surface area contributed by atoms with Gasteiger partial charge in [-0.1, -0.05) is 61.2 Å². The summed E-state index contributed by atoms with van der Waals surface area (Å²) in [7, 11) is -1.85. The number of aryl methyl sites for hydroxylation is 1. The van der Waals surface area contributed by atoms with Crippen molar-refractivity contribution in [3.05, 3.63) is 56.8 Å². The van der Waals surface area contributed by atoms with Crippen LogP contribution >= 0.6 is 34.5 Å². The molecule has 0 atom stereocenters. The van der Waals surface area contributed by atoms with Gasteiger partial charge in [0.05, 0.1) is 25.2 Å². The molecule has 33 heavy (non-hydrogen) atoms. The Kier molecular flexibility index (Phi) is 8.75. The van der Waals surface area contributed by atoms with Crippen LogP contribution in [-0.4, -0.2) is 36.3 Å². The highest BCUT2D eigenvalue weighted by atomic mass is 35.5. The zero-order chi connectivity index (χ0) is 24.2. The molecule has 0 aliphatic rings. The molecule has 0 bridgehead atoms. The average molecular weight is 529 g/mol. The first kappa shape index (κ1) is 25.9. The molecule has 0 radical (unpaired) electrons. The first-order chi connectivity index (χ1) is 15.7. The molecule has 1 amide bonds. The van der Waals surface area contributed by atoms with Gasteiger partial charge in [0, 0.05) is 25.7 Å². The first-order valence-corrected chi connectivity index (χ1v) is 13.8. The predicted octanol–water partition coefficient (Wildman–Crippen LogP) is 5.88. The smallest absolute Gasteiger partial charge is 0.279 e. The van der Waals surface area contributed by atoms with Crippen molar-refractivity contribution in [2.45, 2.75) is 44.4 Å².